The van der Waals surface area contributed by atoms with E-state index in [1.54, 1.807) is 18.7 Å². The molecule has 1 aliphatic heterocycles. The summed E-state index contributed by atoms with van der Waals surface area (Å²) in [5, 5.41) is 9.05. The van der Waals surface area contributed by atoms with Gasteiger partial charge in [0, 0.05) is 11.9 Å². The lowest BCUT2D eigenvalue weighted by Crippen LogP contribution is -2.46. The Morgan fingerprint density at radius 3 is 2.87 bits per heavy atom. The van der Waals surface area contributed by atoms with Crippen molar-refractivity contribution in [2.24, 2.45) is 0 Å². The van der Waals surface area contributed by atoms with Crippen LogP contribution in [-0.2, 0) is 9.53 Å². The second-order valence-corrected chi connectivity index (χ2v) is 6.26. The van der Waals surface area contributed by atoms with Gasteiger partial charge >= 0.3 is 5.97 Å². The van der Waals surface area contributed by atoms with Crippen LogP contribution in [-0.4, -0.2) is 33.8 Å². The molecule has 1 saturated heterocycles. The largest absolute Gasteiger partial charge is 0.480 e. The molecule has 1 saturated carbocycles. The van der Waals surface area contributed by atoms with Gasteiger partial charge in [-0.1, -0.05) is 0 Å². The molecule has 1 spiro atoms. The minimum Gasteiger partial charge on any atom is -0.480 e. The van der Waals surface area contributed by atoms with E-state index >= 15 is 0 Å². The van der Waals surface area contributed by atoms with Crippen LogP contribution in [0.15, 0.2) is 0 Å². The first-order chi connectivity index (χ1) is 7.11. The van der Waals surface area contributed by atoms with Crippen LogP contribution >= 0.6 is 11.8 Å². The Kier molecular flexibility index (Phi) is 3.26. The van der Waals surface area contributed by atoms with E-state index in [-0.39, 0.29) is 10.9 Å². The van der Waals surface area contributed by atoms with E-state index in [2.05, 4.69) is 0 Å². The van der Waals surface area contributed by atoms with Gasteiger partial charge in [0.05, 0.1) is 10.9 Å². The highest BCUT2D eigenvalue weighted by atomic mass is 32.2. The summed E-state index contributed by atoms with van der Waals surface area (Å²) in [6, 6.07) is 0. The molecule has 2 rings (SSSR count). The molecule has 0 aromatic carbocycles. The molecule has 86 valence electrons. The summed E-state index contributed by atoms with van der Waals surface area (Å²) in [6.07, 6.45) is 5.67. The van der Waals surface area contributed by atoms with Crippen LogP contribution in [0.4, 0.5) is 0 Å². The molecule has 2 atom stereocenters. The Morgan fingerprint density at radius 1 is 1.60 bits per heavy atom. The fourth-order valence-corrected chi connectivity index (χ4v) is 3.69. The number of carboxylic acids is 1. The second kappa shape index (κ2) is 4.34. The topological polar surface area (TPSA) is 46.5 Å². The van der Waals surface area contributed by atoms with E-state index in [0.717, 1.165) is 19.4 Å². The number of rotatable bonds is 3. The summed E-state index contributed by atoms with van der Waals surface area (Å²) in [6.45, 7) is 2.58. The maximum absolute atomic E-state index is 10.8. The molecule has 1 heterocycles. The molecule has 15 heavy (non-hydrogen) atoms. The number of hydrogen-bond donors (Lipinski definition) is 1. The first kappa shape index (κ1) is 11.3. The molecule has 2 fully saturated rings. The molecule has 4 heteroatoms. The van der Waals surface area contributed by atoms with E-state index in [0.29, 0.717) is 5.25 Å². The van der Waals surface area contributed by atoms with Crippen LogP contribution < -0.4 is 0 Å². The standard InChI is InChI=1S/C11H18O3S/c1-8(10(12)13)15-9-3-6-14-11(7-9)4-2-5-11/h8-9H,2-7H2,1H3,(H,12,13). The van der Waals surface area contributed by atoms with E-state index in [1.807, 2.05) is 0 Å². The highest BCUT2D eigenvalue weighted by Crippen LogP contribution is 2.45. The number of carbonyl (C=O) groups is 1. The lowest BCUT2D eigenvalue weighted by Gasteiger charge is -2.47. The van der Waals surface area contributed by atoms with Gasteiger partial charge in [-0.25, -0.2) is 0 Å². The van der Waals surface area contributed by atoms with Crippen molar-refractivity contribution in [3.05, 3.63) is 0 Å². The van der Waals surface area contributed by atoms with E-state index < -0.39 is 5.97 Å². The van der Waals surface area contributed by atoms with Crippen molar-refractivity contribution in [2.75, 3.05) is 6.61 Å². The first-order valence-electron chi connectivity index (χ1n) is 5.64. The average molecular weight is 230 g/mol. The summed E-state index contributed by atoms with van der Waals surface area (Å²) in [5.74, 6) is -0.700. The van der Waals surface area contributed by atoms with E-state index in [9.17, 15) is 4.79 Å². The lowest BCUT2D eigenvalue weighted by atomic mass is 9.75. The predicted molar refractivity (Wildman–Crippen MR) is 60.2 cm³/mol. The van der Waals surface area contributed by atoms with Gasteiger partial charge in [-0.2, -0.15) is 0 Å². The molecule has 0 amide bonds. The van der Waals surface area contributed by atoms with Gasteiger partial charge in [-0.3, -0.25) is 4.79 Å². The maximum Gasteiger partial charge on any atom is 0.316 e. The smallest absolute Gasteiger partial charge is 0.316 e. The van der Waals surface area contributed by atoms with Crippen molar-refractivity contribution in [3.8, 4) is 0 Å². The summed E-state index contributed by atoms with van der Waals surface area (Å²) in [4.78, 5) is 10.8. The zero-order chi connectivity index (χ0) is 10.9. The fourth-order valence-electron chi connectivity index (χ4n) is 2.37. The molecule has 0 aromatic heterocycles. The number of ether oxygens (including phenoxy) is 1. The average Bonchev–Trinajstić information content (AvgIpc) is 2.15. The van der Waals surface area contributed by atoms with Gasteiger partial charge in [0.15, 0.2) is 0 Å². The van der Waals surface area contributed by atoms with Gasteiger partial charge < -0.3 is 9.84 Å². The number of thioether (sulfide) groups is 1. The molecule has 2 aliphatic rings. The second-order valence-electron chi connectivity index (χ2n) is 4.62. The molecule has 1 aliphatic carbocycles. The van der Waals surface area contributed by atoms with Crippen LogP contribution in [0.25, 0.3) is 0 Å². The Bertz CT molecular complexity index is 250. The van der Waals surface area contributed by atoms with Crippen molar-refractivity contribution in [3.63, 3.8) is 0 Å². The SMILES string of the molecule is CC(SC1CCOC2(CCC2)C1)C(=O)O. The van der Waals surface area contributed by atoms with Crippen LogP contribution in [0, 0.1) is 0 Å². The number of carboxylic acid groups (broad SMARTS) is 1. The summed E-state index contributed by atoms with van der Waals surface area (Å²) < 4.78 is 5.81. The highest BCUT2D eigenvalue weighted by Gasteiger charge is 2.43. The van der Waals surface area contributed by atoms with Gasteiger partial charge in [0.1, 0.15) is 0 Å². The minimum atomic E-state index is -0.700. The Morgan fingerprint density at radius 2 is 2.33 bits per heavy atom. The maximum atomic E-state index is 10.8. The van der Waals surface area contributed by atoms with Crippen LogP contribution in [0.3, 0.4) is 0 Å². The van der Waals surface area contributed by atoms with E-state index in [4.69, 9.17) is 9.84 Å². The Labute approximate surface area is 94.6 Å². The van der Waals surface area contributed by atoms with Crippen molar-refractivity contribution in [2.45, 2.75) is 55.1 Å². The lowest BCUT2D eigenvalue weighted by molar-refractivity contribution is -0.136. The van der Waals surface area contributed by atoms with Crippen LogP contribution in [0.1, 0.15) is 39.0 Å². The molecule has 0 aromatic rings. The summed E-state index contributed by atoms with van der Waals surface area (Å²) >= 11 is 1.60. The predicted octanol–water partition coefficient (Wildman–Crippen LogP) is 2.29. The van der Waals surface area contributed by atoms with Gasteiger partial charge in [-0.05, 0) is 39.0 Å². The zero-order valence-electron chi connectivity index (χ0n) is 9.07. The number of aliphatic carboxylic acids is 1. The van der Waals surface area contributed by atoms with Crippen molar-refractivity contribution < 1.29 is 14.6 Å². The van der Waals surface area contributed by atoms with Crippen molar-refractivity contribution in [1.29, 1.82) is 0 Å². The van der Waals surface area contributed by atoms with Crippen LogP contribution in [0.5, 0.6) is 0 Å². The quantitative estimate of drug-likeness (QED) is 0.808. The monoisotopic (exact) mass is 230 g/mol. The molecule has 1 N–H and O–H groups in total. The van der Waals surface area contributed by atoms with Crippen LogP contribution in [0.2, 0.25) is 0 Å². The summed E-state index contributed by atoms with van der Waals surface area (Å²) in [5.41, 5.74) is 0.133. The zero-order valence-corrected chi connectivity index (χ0v) is 9.89. The molecular weight excluding hydrogens is 212 g/mol. The molecule has 0 bridgehead atoms. The number of hydrogen-bond acceptors (Lipinski definition) is 3. The van der Waals surface area contributed by atoms with E-state index in [1.165, 1.54) is 19.3 Å². The molecular formula is C11H18O3S. The minimum absolute atomic E-state index is 0.133. The third kappa shape index (κ3) is 2.48. The van der Waals surface area contributed by atoms with Crippen molar-refractivity contribution in [1.82, 2.24) is 0 Å². The summed E-state index contributed by atoms with van der Waals surface area (Å²) in [7, 11) is 0. The Balaban J connectivity index is 1.85. The van der Waals surface area contributed by atoms with Crippen molar-refractivity contribution >= 4 is 17.7 Å². The van der Waals surface area contributed by atoms with Gasteiger partial charge in [0.2, 0.25) is 0 Å². The molecule has 3 nitrogen and oxygen atoms in total. The normalized spacial score (nSPS) is 30.9. The molecule has 2 unspecified atom stereocenters. The molecule has 0 radical (unpaired) electrons. The Hall–Kier alpha value is -0.220. The third-order valence-electron chi connectivity index (χ3n) is 3.46. The fraction of sp³-hybridized carbons (Fsp3) is 0.909. The first-order valence-corrected chi connectivity index (χ1v) is 6.58. The highest BCUT2D eigenvalue weighted by molar-refractivity contribution is 8.01. The third-order valence-corrected chi connectivity index (χ3v) is 4.85. The van der Waals surface area contributed by atoms with Gasteiger partial charge in [-0.15, -0.1) is 11.8 Å². The van der Waals surface area contributed by atoms with Gasteiger partial charge in [0.25, 0.3) is 0 Å².